The van der Waals surface area contributed by atoms with Crippen LogP contribution in [0.2, 0.25) is 0 Å². The van der Waals surface area contributed by atoms with Gasteiger partial charge in [-0.25, -0.2) is 4.79 Å². The number of rotatable bonds is 6. The van der Waals surface area contributed by atoms with Crippen LogP contribution in [-0.2, 0) is 9.53 Å². The molecule has 1 aromatic carbocycles. The van der Waals surface area contributed by atoms with Gasteiger partial charge in [-0.1, -0.05) is 19.3 Å². The van der Waals surface area contributed by atoms with Crippen molar-refractivity contribution in [3.8, 4) is 6.07 Å². The Morgan fingerprint density at radius 1 is 1.24 bits per heavy atom. The summed E-state index contributed by atoms with van der Waals surface area (Å²) in [6.07, 6.45) is 6.97. The highest BCUT2D eigenvalue weighted by Crippen LogP contribution is 2.18. The van der Waals surface area contributed by atoms with Crippen LogP contribution in [0.4, 0.5) is 5.69 Å². The second-order valence-corrected chi connectivity index (χ2v) is 5.92. The summed E-state index contributed by atoms with van der Waals surface area (Å²) in [5.74, 6) is -0.737. The van der Waals surface area contributed by atoms with Gasteiger partial charge in [-0.2, -0.15) is 5.26 Å². The van der Waals surface area contributed by atoms with E-state index in [1.54, 1.807) is 37.3 Å². The number of esters is 1. The molecule has 0 radical (unpaired) electrons. The van der Waals surface area contributed by atoms with Crippen LogP contribution in [0.15, 0.2) is 36.0 Å². The molecule has 1 aliphatic carbocycles. The van der Waals surface area contributed by atoms with E-state index < -0.39 is 5.97 Å². The van der Waals surface area contributed by atoms with E-state index in [2.05, 4.69) is 10.6 Å². The molecule has 1 amide bonds. The Balaban J connectivity index is 1.93. The summed E-state index contributed by atoms with van der Waals surface area (Å²) in [6.45, 7) is 1.89. The van der Waals surface area contributed by atoms with Crippen LogP contribution in [0.25, 0.3) is 0 Å². The van der Waals surface area contributed by atoms with Crippen molar-refractivity contribution in [2.75, 3.05) is 11.9 Å². The SMILES string of the molecule is CCOC(=O)/C(C#N)=C\Nc1ccc(C(=O)NC2CCCCC2)cc1. The fourth-order valence-electron chi connectivity index (χ4n) is 2.73. The smallest absolute Gasteiger partial charge is 0.350 e. The second kappa shape index (κ2) is 9.48. The highest BCUT2D eigenvalue weighted by molar-refractivity contribution is 5.95. The third kappa shape index (κ3) is 5.64. The number of amides is 1. The highest BCUT2D eigenvalue weighted by atomic mass is 16.5. The minimum Gasteiger partial charge on any atom is -0.462 e. The summed E-state index contributed by atoms with van der Waals surface area (Å²) in [6, 6.07) is 8.94. The summed E-state index contributed by atoms with van der Waals surface area (Å²) >= 11 is 0. The molecule has 2 rings (SSSR count). The van der Waals surface area contributed by atoms with Crippen LogP contribution < -0.4 is 10.6 Å². The quantitative estimate of drug-likeness (QED) is 0.471. The fourth-order valence-corrected chi connectivity index (χ4v) is 2.73. The predicted octanol–water partition coefficient (Wildman–Crippen LogP) is 3.13. The number of hydrogen-bond acceptors (Lipinski definition) is 5. The van der Waals surface area contributed by atoms with E-state index in [0.29, 0.717) is 11.3 Å². The number of nitrogens with one attached hydrogen (secondary N) is 2. The zero-order valence-corrected chi connectivity index (χ0v) is 14.4. The van der Waals surface area contributed by atoms with Gasteiger partial charge in [-0.3, -0.25) is 4.79 Å². The van der Waals surface area contributed by atoms with Gasteiger partial charge in [-0.05, 0) is 44.0 Å². The van der Waals surface area contributed by atoms with Gasteiger partial charge in [-0.15, -0.1) is 0 Å². The van der Waals surface area contributed by atoms with Gasteiger partial charge >= 0.3 is 5.97 Å². The lowest BCUT2D eigenvalue weighted by Gasteiger charge is -2.22. The average Bonchev–Trinajstić information content (AvgIpc) is 2.64. The van der Waals surface area contributed by atoms with E-state index in [4.69, 9.17) is 10.00 Å². The first kappa shape index (κ1) is 18.5. The lowest BCUT2D eigenvalue weighted by molar-refractivity contribution is -0.138. The Bertz CT molecular complexity index is 668. The summed E-state index contributed by atoms with van der Waals surface area (Å²) in [5, 5.41) is 14.9. The predicted molar refractivity (Wildman–Crippen MR) is 94.7 cm³/mol. The topological polar surface area (TPSA) is 91.2 Å². The maximum atomic E-state index is 12.3. The van der Waals surface area contributed by atoms with Gasteiger partial charge in [0.25, 0.3) is 5.91 Å². The summed E-state index contributed by atoms with van der Waals surface area (Å²) in [4.78, 5) is 23.8. The Hall–Kier alpha value is -2.81. The number of anilines is 1. The van der Waals surface area contributed by atoms with Crippen molar-refractivity contribution in [3.05, 3.63) is 41.6 Å². The molecule has 132 valence electrons. The van der Waals surface area contributed by atoms with Gasteiger partial charge in [0.2, 0.25) is 0 Å². The maximum absolute atomic E-state index is 12.3. The summed E-state index contributed by atoms with van der Waals surface area (Å²) in [5.41, 5.74) is 1.15. The molecule has 25 heavy (non-hydrogen) atoms. The minimum absolute atomic E-state index is 0.0711. The molecule has 0 atom stereocenters. The molecule has 0 bridgehead atoms. The zero-order valence-electron chi connectivity index (χ0n) is 14.4. The lowest BCUT2D eigenvalue weighted by atomic mass is 9.95. The van der Waals surface area contributed by atoms with Gasteiger partial charge in [0, 0.05) is 23.5 Å². The van der Waals surface area contributed by atoms with Crippen molar-refractivity contribution in [1.82, 2.24) is 5.32 Å². The normalized spacial score (nSPS) is 15.1. The zero-order chi connectivity index (χ0) is 18.1. The molecule has 6 heteroatoms. The van der Waals surface area contributed by atoms with Crippen molar-refractivity contribution in [3.63, 3.8) is 0 Å². The third-order valence-corrected chi connectivity index (χ3v) is 4.09. The van der Waals surface area contributed by atoms with E-state index in [-0.39, 0.29) is 24.1 Å². The van der Waals surface area contributed by atoms with Crippen molar-refractivity contribution in [2.45, 2.75) is 45.1 Å². The molecule has 0 unspecified atom stereocenters. The fraction of sp³-hybridized carbons (Fsp3) is 0.421. The van der Waals surface area contributed by atoms with Crippen molar-refractivity contribution in [2.24, 2.45) is 0 Å². The monoisotopic (exact) mass is 341 g/mol. The van der Waals surface area contributed by atoms with Gasteiger partial charge < -0.3 is 15.4 Å². The first-order chi connectivity index (χ1) is 12.1. The maximum Gasteiger partial charge on any atom is 0.350 e. The molecule has 0 saturated heterocycles. The molecular weight excluding hydrogens is 318 g/mol. The highest BCUT2D eigenvalue weighted by Gasteiger charge is 2.16. The molecule has 1 aromatic rings. The van der Waals surface area contributed by atoms with Crippen LogP contribution in [0, 0.1) is 11.3 Å². The van der Waals surface area contributed by atoms with Crippen LogP contribution >= 0.6 is 0 Å². The molecule has 0 heterocycles. The van der Waals surface area contributed by atoms with Gasteiger partial charge in [0.1, 0.15) is 6.07 Å². The molecule has 0 aromatic heterocycles. The first-order valence-electron chi connectivity index (χ1n) is 8.59. The molecule has 2 N–H and O–H groups in total. The molecule has 0 spiro atoms. The van der Waals surface area contributed by atoms with E-state index >= 15 is 0 Å². The van der Waals surface area contributed by atoms with Gasteiger partial charge in [0.05, 0.1) is 6.61 Å². The molecule has 1 fully saturated rings. The number of carbonyl (C=O) groups excluding carboxylic acids is 2. The Kier molecular flexibility index (Phi) is 7.02. The minimum atomic E-state index is -0.666. The summed E-state index contributed by atoms with van der Waals surface area (Å²) in [7, 11) is 0. The number of ether oxygens (including phenoxy) is 1. The van der Waals surface area contributed by atoms with Crippen LogP contribution in [-0.4, -0.2) is 24.5 Å². The number of hydrogen-bond donors (Lipinski definition) is 2. The van der Waals surface area contributed by atoms with E-state index in [9.17, 15) is 9.59 Å². The Morgan fingerprint density at radius 2 is 1.92 bits per heavy atom. The number of carbonyl (C=O) groups is 2. The van der Waals surface area contributed by atoms with E-state index in [0.717, 1.165) is 12.8 Å². The Labute approximate surface area is 147 Å². The molecular formula is C19H23N3O3. The molecule has 0 aliphatic heterocycles. The number of nitriles is 1. The standard InChI is InChI=1S/C19H23N3O3/c1-2-25-19(24)15(12-20)13-21-16-10-8-14(9-11-16)18(23)22-17-6-4-3-5-7-17/h8-11,13,17,21H,2-7H2,1H3,(H,22,23)/b15-13-. The van der Waals surface area contributed by atoms with Crippen molar-refractivity contribution in [1.29, 1.82) is 5.26 Å². The van der Waals surface area contributed by atoms with Gasteiger partial charge in [0.15, 0.2) is 5.57 Å². The van der Waals surface area contributed by atoms with Crippen LogP contribution in [0.5, 0.6) is 0 Å². The van der Waals surface area contributed by atoms with E-state index in [1.165, 1.54) is 25.5 Å². The third-order valence-electron chi connectivity index (χ3n) is 4.09. The first-order valence-corrected chi connectivity index (χ1v) is 8.59. The lowest BCUT2D eigenvalue weighted by Crippen LogP contribution is -2.36. The number of nitrogens with zero attached hydrogens (tertiary/aromatic N) is 1. The summed E-state index contributed by atoms with van der Waals surface area (Å²) < 4.78 is 4.78. The van der Waals surface area contributed by atoms with E-state index in [1.807, 2.05) is 0 Å². The second-order valence-electron chi connectivity index (χ2n) is 5.92. The van der Waals surface area contributed by atoms with Crippen molar-refractivity contribution >= 4 is 17.6 Å². The molecule has 1 saturated carbocycles. The molecule has 6 nitrogen and oxygen atoms in total. The van der Waals surface area contributed by atoms with Crippen LogP contribution in [0.1, 0.15) is 49.4 Å². The van der Waals surface area contributed by atoms with Crippen molar-refractivity contribution < 1.29 is 14.3 Å². The number of benzene rings is 1. The largest absolute Gasteiger partial charge is 0.462 e. The Morgan fingerprint density at radius 3 is 2.52 bits per heavy atom. The van der Waals surface area contributed by atoms with Crippen LogP contribution in [0.3, 0.4) is 0 Å². The molecule has 1 aliphatic rings. The average molecular weight is 341 g/mol.